The highest BCUT2D eigenvalue weighted by Crippen LogP contribution is 2.27. The minimum atomic E-state index is -0.197. The summed E-state index contributed by atoms with van der Waals surface area (Å²) in [5.41, 5.74) is 4.25. The van der Waals surface area contributed by atoms with Gasteiger partial charge in [-0.3, -0.25) is 0 Å². The van der Waals surface area contributed by atoms with Gasteiger partial charge in [0.15, 0.2) is 0 Å². The van der Waals surface area contributed by atoms with E-state index in [9.17, 15) is 4.39 Å². The fourth-order valence-electron chi connectivity index (χ4n) is 2.96. The molecule has 106 valence electrons. The maximum atomic E-state index is 13.2. The molecule has 2 heterocycles. The minimum absolute atomic E-state index is 0.0668. The first-order valence-corrected chi connectivity index (χ1v) is 7.01. The van der Waals surface area contributed by atoms with Crippen molar-refractivity contribution in [2.75, 3.05) is 6.54 Å². The molecule has 3 rings (SSSR count). The van der Waals surface area contributed by atoms with E-state index in [0.717, 1.165) is 29.8 Å². The van der Waals surface area contributed by atoms with Crippen molar-refractivity contribution in [3.8, 4) is 0 Å². The van der Waals surface area contributed by atoms with Crippen LogP contribution in [0.4, 0.5) is 4.39 Å². The molecule has 1 aromatic carbocycles. The molecule has 1 aliphatic heterocycles. The first-order chi connectivity index (χ1) is 9.58. The number of rotatable bonds is 2. The van der Waals surface area contributed by atoms with Gasteiger partial charge >= 0.3 is 0 Å². The average molecular weight is 274 g/mol. The van der Waals surface area contributed by atoms with Gasteiger partial charge in [0.25, 0.3) is 0 Å². The SMILES string of the molecule is Cc1cc(F)ccc1C(C)n1nnc2c1CCN[C@H]2C. The molecule has 0 fully saturated rings. The third-order valence-corrected chi connectivity index (χ3v) is 4.09. The average Bonchev–Trinajstić information content (AvgIpc) is 2.83. The van der Waals surface area contributed by atoms with Crippen LogP contribution in [0, 0.1) is 12.7 Å². The van der Waals surface area contributed by atoms with E-state index in [1.54, 1.807) is 6.07 Å². The maximum absolute atomic E-state index is 13.2. The fourth-order valence-corrected chi connectivity index (χ4v) is 2.96. The second kappa shape index (κ2) is 4.98. The number of nitrogens with one attached hydrogen (secondary N) is 1. The summed E-state index contributed by atoms with van der Waals surface area (Å²) >= 11 is 0. The van der Waals surface area contributed by atoms with E-state index in [1.807, 2.05) is 17.7 Å². The smallest absolute Gasteiger partial charge is 0.123 e. The zero-order chi connectivity index (χ0) is 14.3. The summed E-state index contributed by atoms with van der Waals surface area (Å²) in [6.45, 7) is 7.06. The molecule has 5 heteroatoms. The summed E-state index contributed by atoms with van der Waals surface area (Å²) in [4.78, 5) is 0. The van der Waals surface area contributed by atoms with Crippen molar-refractivity contribution in [1.82, 2.24) is 20.3 Å². The molecule has 20 heavy (non-hydrogen) atoms. The number of halogens is 1. The van der Waals surface area contributed by atoms with Crippen LogP contribution in [0.25, 0.3) is 0 Å². The first kappa shape index (κ1) is 13.2. The standard InChI is InChI=1S/C15H19FN4/c1-9-8-12(16)4-5-13(9)11(3)20-14-6-7-17-10(2)15(14)18-19-20/h4-5,8,10-11,17H,6-7H2,1-3H3/t10-,11?/m0/s1. The molecule has 1 N–H and O–H groups in total. The number of hydrogen-bond donors (Lipinski definition) is 1. The van der Waals surface area contributed by atoms with Gasteiger partial charge in [0.2, 0.25) is 0 Å². The van der Waals surface area contributed by atoms with Gasteiger partial charge in [-0.25, -0.2) is 9.07 Å². The Morgan fingerprint density at radius 2 is 2.25 bits per heavy atom. The predicted molar refractivity (Wildman–Crippen MR) is 75.1 cm³/mol. The van der Waals surface area contributed by atoms with E-state index in [-0.39, 0.29) is 17.9 Å². The van der Waals surface area contributed by atoms with Crippen molar-refractivity contribution in [1.29, 1.82) is 0 Å². The third kappa shape index (κ3) is 2.12. The van der Waals surface area contributed by atoms with Crippen molar-refractivity contribution >= 4 is 0 Å². The summed E-state index contributed by atoms with van der Waals surface area (Å²) in [5, 5.41) is 12.0. The van der Waals surface area contributed by atoms with Crippen LogP contribution < -0.4 is 5.32 Å². The van der Waals surface area contributed by atoms with Crippen LogP contribution in [0.2, 0.25) is 0 Å². The number of fused-ring (bicyclic) bond motifs is 1. The van der Waals surface area contributed by atoms with Gasteiger partial charge in [-0.15, -0.1) is 5.10 Å². The Bertz CT molecular complexity index is 635. The van der Waals surface area contributed by atoms with E-state index in [0.29, 0.717) is 0 Å². The third-order valence-electron chi connectivity index (χ3n) is 4.09. The van der Waals surface area contributed by atoms with Gasteiger partial charge in [0, 0.05) is 13.0 Å². The lowest BCUT2D eigenvalue weighted by Crippen LogP contribution is -2.29. The minimum Gasteiger partial charge on any atom is -0.308 e. The van der Waals surface area contributed by atoms with Crippen LogP contribution in [-0.4, -0.2) is 21.5 Å². The highest BCUT2D eigenvalue weighted by molar-refractivity contribution is 5.31. The Morgan fingerprint density at radius 3 is 3.00 bits per heavy atom. The van der Waals surface area contributed by atoms with Crippen LogP contribution in [-0.2, 0) is 6.42 Å². The summed E-state index contributed by atoms with van der Waals surface area (Å²) in [5.74, 6) is -0.197. The van der Waals surface area contributed by atoms with E-state index < -0.39 is 0 Å². The largest absolute Gasteiger partial charge is 0.308 e. The van der Waals surface area contributed by atoms with E-state index >= 15 is 0 Å². The molecule has 0 saturated heterocycles. The number of benzene rings is 1. The predicted octanol–water partition coefficient (Wildman–Crippen LogP) is 2.54. The quantitative estimate of drug-likeness (QED) is 0.915. The molecule has 0 spiro atoms. The second-order valence-corrected chi connectivity index (χ2v) is 5.47. The molecular formula is C15H19FN4. The van der Waals surface area contributed by atoms with Gasteiger partial charge in [0.1, 0.15) is 11.5 Å². The van der Waals surface area contributed by atoms with Crippen LogP contribution in [0.15, 0.2) is 18.2 Å². The molecule has 1 unspecified atom stereocenters. The Labute approximate surface area is 118 Å². The molecule has 0 bridgehead atoms. The summed E-state index contributed by atoms with van der Waals surface area (Å²) in [6.07, 6.45) is 0.928. The van der Waals surface area contributed by atoms with Gasteiger partial charge in [-0.2, -0.15) is 0 Å². The maximum Gasteiger partial charge on any atom is 0.123 e. The Kier molecular flexibility index (Phi) is 3.30. The molecule has 2 aromatic rings. The highest BCUT2D eigenvalue weighted by atomic mass is 19.1. The van der Waals surface area contributed by atoms with Crippen molar-refractivity contribution in [2.24, 2.45) is 0 Å². The Balaban J connectivity index is 2.01. The Morgan fingerprint density at radius 1 is 1.45 bits per heavy atom. The molecule has 1 aromatic heterocycles. The summed E-state index contributed by atoms with van der Waals surface area (Å²) in [6, 6.07) is 5.23. The lowest BCUT2D eigenvalue weighted by Gasteiger charge is -2.22. The highest BCUT2D eigenvalue weighted by Gasteiger charge is 2.25. The van der Waals surface area contributed by atoms with Crippen molar-refractivity contribution in [3.63, 3.8) is 0 Å². The van der Waals surface area contributed by atoms with Crippen LogP contribution in [0.5, 0.6) is 0 Å². The summed E-state index contributed by atoms with van der Waals surface area (Å²) in [7, 11) is 0. The fraction of sp³-hybridized carbons (Fsp3) is 0.467. The molecule has 0 saturated carbocycles. The molecular weight excluding hydrogens is 255 g/mol. The van der Waals surface area contributed by atoms with Crippen LogP contribution in [0.1, 0.15) is 48.4 Å². The lowest BCUT2D eigenvalue weighted by molar-refractivity contribution is 0.487. The number of aromatic nitrogens is 3. The van der Waals surface area contributed by atoms with E-state index in [4.69, 9.17) is 0 Å². The Hall–Kier alpha value is -1.75. The molecule has 0 aliphatic carbocycles. The van der Waals surface area contributed by atoms with E-state index in [1.165, 1.54) is 11.8 Å². The normalized spacial score (nSPS) is 19.7. The second-order valence-electron chi connectivity index (χ2n) is 5.47. The zero-order valence-electron chi connectivity index (χ0n) is 12.0. The summed E-state index contributed by atoms with van der Waals surface area (Å²) < 4.78 is 15.2. The molecule has 1 aliphatic rings. The lowest BCUT2D eigenvalue weighted by atomic mass is 10.0. The van der Waals surface area contributed by atoms with Crippen molar-refractivity contribution < 1.29 is 4.39 Å². The first-order valence-electron chi connectivity index (χ1n) is 7.01. The molecule has 0 amide bonds. The molecule has 4 nitrogen and oxygen atoms in total. The van der Waals surface area contributed by atoms with Crippen molar-refractivity contribution in [2.45, 2.75) is 39.3 Å². The number of aryl methyl sites for hydroxylation is 1. The van der Waals surface area contributed by atoms with Crippen LogP contribution in [0.3, 0.4) is 0 Å². The van der Waals surface area contributed by atoms with Crippen molar-refractivity contribution in [3.05, 3.63) is 46.5 Å². The van der Waals surface area contributed by atoms with Gasteiger partial charge in [0.05, 0.1) is 17.8 Å². The number of hydrogen-bond acceptors (Lipinski definition) is 3. The van der Waals surface area contributed by atoms with Gasteiger partial charge in [-0.1, -0.05) is 11.3 Å². The number of nitrogens with zero attached hydrogens (tertiary/aromatic N) is 3. The molecule has 2 atom stereocenters. The van der Waals surface area contributed by atoms with Gasteiger partial charge < -0.3 is 5.32 Å². The zero-order valence-corrected chi connectivity index (χ0v) is 12.0. The van der Waals surface area contributed by atoms with Crippen LogP contribution >= 0.6 is 0 Å². The topological polar surface area (TPSA) is 42.7 Å². The molecule has 0 radical (unpaired) electrons. The monoisotopic (exact) mass is 274 g/mol. The van der Waals surface area contributed by atoms with Gasteiger partial charge in [-0.05, 0) is 44.0 Å². The van der Waals surface area contributed by atoms with E-state index in [2.05, 4.69) is 29.5 Å².